The number of allylic oxidation sites excluding steroid dienone is 4. The second kappa shape index (κ2) is 4.15. The monoisotopic (exact) mass is 184 g/mol. The topological polar surface area (TPSA) is 72.3 Å². The first-order chi connectivity index (χ1) is 6.69. The van der Waals surface area contributed by atoms with Gasteiger partial charge in [-0.1, -0.05) is 0 Å². The molecule has 0 aromatic carbocycles. The molecule has 4 heteroatoms. The van der Waals surface area contributed by atoms with E-state index in [0.29, 0.717) is 11.4 Å². The summed E-state index contributed by atoms with van der Waals surface area (Å²) in [5, 5.41) is 16.8. The minimum Gasteiger partial charge on any atom is -0.174 e. The fraction of sp³-hybridized carbons (Fsp3) is 0.200. The standard InChI is InChI=1S/C10H8N4/c1-7-3-9(13-5-11)4-8(2)10(7)14-6-12/h3-4H,1-2H3. The Bertz CT molecular complexity index is 425. The van der Waals surface area contributed by atoms with E-state index in [1.165, 1.54) is 0 Å². The van der Waals surface area contributed by atoms with Crippen LogP contribution in [0.3, 0.4) is 0 Å². The lowest BCUT2D eigenvalue weighted by Gasteiger charge is -2.10. The Hall–Kier alpha value is -2.20. The maximum absolute atomic E-state index is 8.45. The van der Waals surface area contributed by atoms with Crippen LogP contribution in [-0.4, -0.2) is 11.4 Å². The van der Waals surface area contributed by atoms with Crippen molar-refractivity contribution < 1.29 is 0 Å². The number of hydrogen-bond donors (Lipinski definition) is 0. The Kier molecular flexibility index (Phi) is 2.93. The van der Waals surface area contributed by atoms with Gasteiger partial charge in [-0.05, 0) is 37.1 Å². The van der Waals surface area contributed by atoms with Crippen LogP contribution in [0.15, 0.2) is 33.3 Å². The van der Waals surface area contributed by atoms with E-state index in [0.717, 1.165) is 11.1 Å². The average Bonchev–Trinajstić information content (AvgIpc) is 2.12. The third-order valence-electron chi connectivity index (χ3n) is 1.82. The summed E-state index contributed by atoms with van der Waals surface area (Å²) in [6.45, 7) is 3.67. The summed E-state index contributed by atoms with van der Waals surface area (Å²) in [7, 11) is 0. The second-order valence-corrected chi connectivity index (χ2v) is 2.85. The predicted octanol–water partition coefficient (Wildman–Crippen LogP) is 1.74. The maximum atomic E-state index is 8.45. The van der Waals surface area contributed by atoms with Gasteiger partial charge in [0.25, 0.3) is 0 Å². The molecule has 0 spiro atoms. The van der Waals surface area contributed by atoms with Crippen molar-refractivity contribution >= 4 is 11.4 Å². The van der Waals surface area contributed by atoms with Gasteiger partial charge in [-0.2, -0.15) is 20.5 Å². The zero-order chi connectivity index (χ0) is 10.6. The van der Waals surface area contributed by atoms with Crippen LogP contribution < -0.4 is 0 Å². The molecule has 4 nitrogen and oxygen atoms in total. The molecule has 0 radical (unpaired) electrons. The minimum absolute atomic E-state index is 0.597. The highest BCUT2D eigenvalue weighted by atomic mass is 14.8. The first kappa shape index (κ1) is 9.88. The van der Waals surface area contributed by atoms with Gasteiger partial charge in [0.1, 0.15) is 0 Å². The van der Waals surface area contributed by atoms with Crippen molar-refractivity contribution in [3.63, 3.8) is 0 Å². The lowest BCUT2D eigenvalue weighted by atomic mass is 9.97. The van der Waals surface area contributed by atoms with Crippen LogP contribution in [0.2, 0.25) is 0 Å². The summed E-state index contributed by atoms with van der Waals surface area (Å²) < 4.78 is 0. The molecular formula is C10H8N4. The molecule has 0 fully saturated rings. The van der Waals surface area contributed by atoms with Crippen molar-refractivity contribution in [2.45, 2.75) is 13.8 Å². The molecule has 0 heterocycles. The molecule has 0 N–H and O–H groups in total. The molecule has 0 aliphatic heterocycles. The zero-order valence-corrected chi connectivity index (χ0v) is 7.94. The van der Waals surface area contributed by atoms with Crippen molar-refractivity contribution in [1.82, 2.24) is 0 Å². The van der Waals surface area contributed by atoms with Crippen molar-refractivity contribution in [1.29, 1.82) is 10.5 Å². The lowest BCUT2D eigenvalue weighted by Crippen LogP contribution is -2.10. The fourth-order valence-corrected chi connectivity index (χ4v) is 1.28. The van der Waals surface area contributed by atoms with Crippen molar-refractivity contribution in [3.05, 3.63) is 23.3 Å². The van der Waals surface area contributed by atoms with Gasteiger partial charge in [-0.25, -0.2) is 0 Å². The fourth-order valence-electron chi connectivity index (χ4n) is 1.28. The van der Waals surface area contributed by atoms with Gasteiger partial charge in [-0.15, -0.1) is 0 Å². The number of rotatable bonds is 0. The maximum Gasteiger partial charge on any atom is 0.206 e. The largest absolute Gasteiger partial charge is 0.206 e. The van der Waals surface area contributed by atoms with E-state index in [9.17, 15) is 0 Å². The summed E-state index contributed by atoms with van der Waals surface area (Å²) in [6, 6.07) is 0. The number of aliphatic imine (C=N–C) groups is 2. The molecule has 0 unspecified atom stereocenters. The van der Waals surface area contributed by atoms with E-state index in [1.54, 1.807) is 24.5 Å². The van der Waals surface area contributed by atoms with Gasteiger partial charge in [-0.3, -0.25) is 0 Å². The molecule has 0 atom stereocenters. The number of nitrogens with zero attached hydrogens (tertiary/aromatic N) is 4. The summed E-state index contributed by atoms with van der Waals surface area (Å²) >= 11 is 0. The third-order valence-corrected chi connectivity index (χ3v) is 1.82. The Labute approximate surface area is 82.2 Å². The quantitative estimate of drug-likeness (QED) is 0.425. The highest BCUT2D eigenvalue weighted by Crippen LogP contribution is 2.14. The van der Waals surface area contributed by atoms with Crippen LogP contribution in [0.4, 0.5) is 0 Å². The molecule has 0 saturated heterocycles. The Balaban J connectivity index is 3.18. The minimum atomic E-state index is 0.597. The molecule has 14 heavy (non-hydrogen) atoms. The molecule has 1 aliphatic rings. The van der Waals surface area contributed by atoms with E-state index >= 15 is 0 Å². The van der Waals surface area contributed by atoms with E-state index in [-0.39, 0.29) is 0 Å². The van der Waals surface area contributed by atoms with Gasteiger partial charge in [0.2, 0.25) is 12.4 Å². The molecule has 0 aromatic rings. The van der Waals surface area contributed by atoms with Crippen LogP contribution in [0.5, 0.6) is 0 Å². The van der Waals surface area contributed by atoms with Crippen molar-refractivity contribution in [2.24, 2.45) is 9.98 Å². The lowest BCUT2D eigenvalue weighted by molar-refractivity contribution is 1.38. The van der Waals surface area contributed by atoms with Crippen LogP contribution in [0.1, 0.15) is 13.8 Å². The van der Waals surface area contributed by atoms with Gasteiger partial charge in [0, 0.05) is 0 Å². The highest BCUT2D eigenvalue weighted by Gasteiger charge is 2.11. The van der Waals surface area contributed by atoms with Crippen LogP contribution in [-0.2, 0) is 0 Å². The SMILES string of the molecule is CC1=CC(=NC#N)C=C(C)C1=NC#N. The van der Waals surface area contributed by atoms with Gasteiger partial charge >= 0.3 is 0 Å². The molecule has 0 saturated carbocycles. The van der Waals surface area contributed by atoms with Crippen LogP contribution in [0.25, 0.3) is 0 Å². The molecular weight excluding hydrogens is 176 g/mol. The molecule has 0 bridgehead atoms. The molecule has 0 aromatic heterocycles. The normalized spacial score (nSPS) is 14.9. The zero-order valence-electron chi connectivity index (χ0n) is 7.94. The summed E-state index contributed by atoms with van der Waals surface area (Å²) in [5.41, 5.74) is 2.95. The predicted molar refractivity (Wildman–Crippen MR) is 53.6 cm³/mol. The van der Waals surface area contributed by atoms with Crippen molar-refractivity contribution in [2.75, 3.05) is 0 Å². The van der Waals surface area contributed by atoms with Crippen molar-refractivity contribution in [3.8, 4) is 12.4 Å². The van der Waals surface area contributed by atoms with Gasteiger partial charge < -0.3 is 0 Å². The van der Waals surface area contributed by atoms with E-state index in [1.807, 2.05) is 13.8 Å². The Morgan fingerprint density at radius 1 is 1.00 bits per heavy atom. The Morgan fingerprint density at radius 3 is 1.93 bits per heavy atom. The first-order valence-electron chi connectivity index (χ1n) is 4.00. The third kappa shape index (κ3) is 1.94. The van der Waals surface area contributed by atoms with Gasteiger partial charge in [0.15, 0.2) is 0 Å². The number of nitriles is 2. The highest BCUT2D eigenvalue weighted by molar-refractivity contribution is 6.23. The second-order valence-electron chi connectivity index (χ2n) is 2.85. The molecule has 0 amide bonds. The molecule has 1 aliphatic carbocycles. The summed E-state index contributed by atoms with van der Waals surface area (Å²) in [6.07, 6.45) is 6.92. The average molecular weight is 184 g/mol. The van der Waals surface area contributed by atoms with Crippen LogP contribution >= 0.6 is 0 Å². The Morgan fingerprint density at radius 2 is 1.50 bits per heavy atom. The number of hydrogen-bond acceptors (Lipinski definition) is 4. The molecule has 1 rings (SSSR count). The molecule has 68 valence electrons. The van der Waals surface area contributed by atoms with E-state index < -0.39 is 0 Å². The van der Waals surface area contributed by atoms with E-state index in [4.69, 9.17) is 10.5 Å². The van der Waals surface area contributed by atoms with E-state index in [2.05, 4.69) is 9.98 Å². The summed E-state index contributed by atoms with van der Waals surface area (Å²) in [5.74, 6) is 0. The first-order valence-corrected chi connectivity index (χ1v) is 4.00. The van der Waals surface area contributed by atoms with Gasteiger partial charge in [0.05, 0.1) is 11.4 Å². The summed E-state index contributed by atoms with van der Waals surface area (Å²) in [4.78, 5) is 7.30. The smallest absolute Gasteiger partial charge is 0.174 e. The van der Waals surface area contributed by atoms with Crippen LogP contribution in [0, 0.1) is 22.9 Å².